The number of amides is 1. The van der Waals surface area contributed by atoms with Gasteiger partial charge in [0.15, 0.2) is 0 Å². The van der Waals surface area contributed by atoms with Gasteiger partial charge in [0.2, 0.25) is 0 Å². The molecule has 2 N–H and O–H groups in total. The number of pyridine rings is 1. The lowest BCUT2D eigenvalue weighted by molar-refractivity contribution is -0.0605. The minimum Gasteiger partial charge on any atom is -0.388 e. The van der Waals surface area contributed by atoms with Crippen molar-refractivity contribution in [2.45, 2.75) is 25.4 Å². The summed E-state index contributed by atoms with van der Waals surface area (Å²) in [6.45, 7) is 2.86. The van der Waals surface area contributed by atoms with Gasteiger partial charge < -0.3 is 15.2 Å². The third-order valence-corrected chi connectivity index (χ3v) is 3.44. The van der Waals surface area contributed by atoms with Gasteiger partial charge in [0, 0.05) is 32.6 Å². The van der Waals surface area contributed by atoms with E-state index in [4.69, 9.17) is 10.00 Å². The average molecular weight is 275 g/mol. The van der Waals surface area contributed by atoms with Crippen LogP contribution in [0.4, 0.5) is 0 Å². The maximum atomic E-state index is 12.0. The summed E-state index contributed by atoms with van der Waals surface area (Å²) in [7, 11) is 0. The van der Waals surface area contributed by atoms with Gasteiger partial charge in [-0.15, -0.1) is 0 Å². The van der Waals surface area contributed by atoms with Crippen LogP contribution in [-0.4, -0.2) is 41.4 Å². The highest BCUT2D eigenvalue weighted by atomic mass is 16.5. The first-order chi connectivity index (χ1) is 9.54. The van der Waals surface area contributed by atoms with Crippen molar-refractivity contribution in [1.29, 1.82) is 5.26 Å². The number of ether oxygens (including phenoxy) is 1. The first-order valence-corrected chi connectivity index (χ1v) is 6.50. The predicted octanol–water partition coefficient (Wildman–Crippen LogP) is 0.533. The van der Waals surface area contributed by atoms with Crippen LogP contribution in [0.1, 0.15) is 34.6 Å². The Morgan fingerprint density at radius 3 is 2.85 bits per heavy atom. The van der Waals surface area contributed by atoms with E-state index >= 15 is 0 Å². The van der Waals surface area contributed by atoms with Crippen LogP contribution in [0.15, 0.2) is 12.1 Å². The van der Waals surface area contributed by atoms with Crippen molar-refractivity contribution in [3.8, 4) is 6.07 Å². The van der Waals surface area contributed by atoms with Gasteiger partial charge in [-0.2, -0.15) is 5.26 Å². The van der Waals surface area contributed by atoms with Crippen LogP contribution in [0.2, 0.25) is 0 Å². The number of hydrogen-bond donors (Lipinski definition) is 2. The van der Waals surface area contributed by atoms with E-state index in [2.05, 4.69) is 10.3 Å². The molecule has 0 aliphatic carbocycles. The summed E-state index contributed by atoms with van der Waals surface area (Å²) in [4.78, 5) is 16.1. The van der Waals surface area contributed by atoms with Crippen LogP contribution < -0.4 is 5.32 Å². The Morgan fingerprint density at radius 2 is 2.25 bits per heavy atom. The molecule has 0 unspecified atom stereocenters. The number of aromatic nitrogens is 1. The van der Waals surface area contributed by atoms with Crippen LogP contribution in [0.3, 0.4) is 0 Å². The summed E-state index contributed by atoms with van der Waals surface area (Å²) in [5, 5.41) is 21.7. The fraction of sp³-hybridized carbons (Fsp3) is 0.500. The third-order valence-electron chi connectivity index (χ3n) is 3.44. The van der Waals surface area contributed by atoms with E-state index in [9.17, 15) is 9.90 Å². The van der Waals surface area contributed by atoms with E-state index in [1.807, 2.05) is 6.07 Å². The van der Waals surface area contributed by atoms with Gasteiger partial charge in [0.1, 0.15) is 11.8 Å². The number of rotatable bonds is 3. The summed E-state index contributed by atoms with van der Waals surface area (Å²) in [5.74, 6) is -0.350. The summed E-state index contributed by atoms with van der Waals surface area (Å²) < 4.78 is 5.18. The number of carbonyl (C=O) groups is 1. The molecule has 1 aliphatic rings. The zero-order valence-corrected chi connectivity index (χ0v) is 11.3. The minimum atomic E-state index is -0.907. The molecule has 1 aromatic rings. The van der Waals surface area contributed by atoms with Crippen LogP contribution in [0.5, 0.6) is 0 Å². The second kappa shape index (κ2) is 5.99. The molecule has 20 heavy (non-hydrogen) atoms. The Morgan fingerprint density at radius 1 is 1.55 bits per heavy atom. The van der Waals surface area contributed by atoms with Gasteiger partial charge in [-0.3, -0.25) is 4.79 Å². The van der Waals surface area contributed by atoms with E-state index in [0.717, 1.165) is 0 Å². The molecule has 6 nitrogen and oxygen atoms in total. The van der Waals surface area contributed by atoms with Crippen LogP contribution >= 0.6 is 0 Å². The van der Waals surface area contributed by atoms with Crippen molar-refractivity contribution in [2.75, 3.05) is 19.8 Å². The fourth-order valence-corrected chi connectivity index (χ4v) is 2.07. The molecular formula is C14H17N3O3. The summed E-state index contributed by atoms with van der Waals surface area (Å²) >= 11 is 0. The molecule has 0 spiro atoms. The minimum absolute atomic E-state index is 0.177. The van der Waals surface area contributed by atoms with E-state index < -0.39 is 5.60 Å². The molecule has 1 fully saturated rings. The lowest BCUT2D eigenvalue weighted by atomic mass is 9.94. The van der Waals surface area contributed by atoms with Gasteiger partial charge in [0.05, 0.1) is 16.9 Å². The van der Waals surface area contributed by atoms with Crippen LogP contribution in [0, 0.1) is 18.3 Å². The fourth-order valence-electron chi connectivity index (χ4n) is 2.07. The van der Waals surface area contributed by atoms with Crippen LogP contribution in [-0.2, 0) is 4.74 Å². The molecule has 106 valence electrons. The number of carbonyl (C=O) groups excluding carboxylic acids is 1. The third kappa shape index (κ3) is 3.32. The predicted molar refractivity (Wildman–Crippen MR) is 71.0 cm³/mol. The van der Waals surface area contributed by atoms with Crippen LogP contribution in [0.25, 0.3) is 0 Å². The van der Waals surface area contributed by atoms with Crippen molar-refractivity contribution in [3.05, 3.63) is 29.1 Å². The highest BCUT2D eigenvalue weighted by molar-refractivity contribution is 5.92. The molecule has 0 aromatic carbocycles. The second-order valence-corrected chi connectivity index (χ2v) is 4.96. The lowest BCUT2D eigenvalue weighted by Gasteiger charge is -2.31. The molecule has 2 rings (SSSR count). The van der Waals surface area contributed by atoms with Gasteiger partial charge in [-0.25, -0.2) is 4.98 Å². The summed E-state index contributed by atoms with van der Waals surface area (Å²) in [6, 6.07) is 5.08. The molecule has 2 heterocycles. The molecule has 0 bridgehead atoms. The average Bonchev–Trinajstić information content (AvgIpc) is 2.45. The van der Waals surface area contributed by atoms with Crippen molar-refractivity contribution in [1.82, 2.24) is 10.3 Å². The molecule has 1 aliphatic heterocycles. The maximum absolute atomic E-state index is 12.0. The summed E-state index contributed by atoms with van der Waals surface area (Å²) in [6.07, 6.45) is 1.01. The van der Waals surface area contributed by atoms with E-state index in [1.165, 1.54) is 6.07 Å². The van der Waals surface area contributed by atoms with E-state index in [1.54, 1.807) is 13.0 Å². The Hall–Kier alpha value is -1.97. The smallest absolute Gasteiger partial charge is 0.269 e. The standard InChI is InChI=1S/C14H17N3O3/c1-10-11(8-15)2-3-12(17-10)13(18)16-9-14(19)4-6-20-7-5-14/h2-3,19H,4-7,9H2,1H3,(H,16,18). The Bertz CT molecular complexity index is 545. The molecule has 0 saturated carbocycles. The van der Waals surface area contributed by atoms with Gasteiger partial charge in [-0.05, 0) is 19.1 Å². The van der Waals surface area contributed by atoms with E-state index in [0.29, 0.717) is 37.3 Å². The zero-order chi connectivity index (χ0) is 14.6. The highest BCUT2D eigenvalue weighted by Gasteiger charge is 2.30. The largest absolute Gasteiger partial charge is 0.388 e. The topological polar surface area (TPSA) is 95.2 Å². The lowest BCUT2D eigenvalue weighted by Crippen LogP contribution is -2.46. The first kappa shape index (κ1) is 14.4. The van der Waals surface area contributed by atoms with Gasteiger partial charge in [0.25, 0.3) is 5.91 Å². The second-order valence-electron chi connectivity index (χ2n) is 4.96. The van der Waals surface area contributed by atoms with E-state index in [-0.39, 0.29) is 18.1 Å². The zero-order valence-electron chi connectivity index (χ0n) is 11.3. The number of hydrogen-bond acceptors (Lipinski definition) is 5. The molecule has 1 saturated heterocycles. The normalized spacial score (nSPS) is 17.2. The Labute approximate surface area is 117 Å². The summed E-state index contributed by atoms with van der Waals surface area (Å²) in [5.41, 5.74) is 0.307. The van der Waals surface area contributed by atoms with Gasteiger partial charge in [-0.1, -0.05) is 0 Å². The molecule has 0 radical (unpaired) electrons. The molecular weight excluding hydrogens is 258 g/mol. The van der Waals surface area contributed by atoms with Crippen molar-refractivity contribution in [2.24, 2.45) is 0 Å². The number of nitriles is 1. The number of nitrogens with one attached hydrogen (secondary N) is 1. The number of nitrogens with zero attached hydrogens (tertiary/aromatic N) is 2. The van der Waals surface area contributed by atoms with Crippen molar-refractivity contribution in [3.63, 3.8) is 0 Å². The Balaban J connectivity index is 1.98. The van der Waals surface area contributed by atoms with Gasteiger partial charge >= 0.3 is 0 Å². The molecule has 0 atom stereocenters. The van der Waals surface area contributed by atoms with Crippen molar-refractivity contribution < 1.29 is 14.6 Å². The highest BCUT2D eigenvalue weighted by Crippen LogP contribution is 2.19. The van der Waals surface area contributed by atoms with Crippen molar-refractivity contribution >= 4 is 5.91 Å². The molecule has 6 heteroatoms. The molecule has 1 aromatic heterocycles. The Kier molecular flexibility index (Phi) is 4.32. The monoisotopic (exact) mass is 275 g/mol. The number of aryl methyl sites for hydroxylation is 1. The number of aliphatic hydroxyl groups is 1. The first-order valence-electron chi connectivity index (χ1n) is 6.50. The maximum Gasteiger partial charge on any atom is 0.269 e. The quantitative estimate of drug-likeness (QED) is 0.839. The molecule has 1 amide bonds. The SMILES string of the molecule is Cc1nc(C(=O)NCC2(O)CCOCC2)ccc1C#N.